The number of anilines is 1. The van der Waals surface area contributed by atoms with E-state index in [1.54, 1.807) is 0 Å². The minimum Gasteiger partial charge on any atom is -0.454 e. The van der Waals surface area contributed by atoms with E-state index in [4.69, 9.17) is 9.47 Å². The molecule has 1 N–H and O–H groups in total. The monoisotopic (exact) mass is 305 g/mol. The Kier molecular flexibility index (Phi) is 5.95. The molecule has 1 aliphatic rings. The zero-order valence-electron chi connectivity index (χ0n) is 13.1. The maximum atomic E-state index is 11.8. The number of nitrogens with one attached hydrogen (secondary N) is 1. The van der Waals surface area contributed by atoms with Gasteiger partial charge in [0, 0.05) is 12.3 Å². The molecule has 1 fully saturated rings. The van der Waals surface area contributed by atoms with E-state index in [9.17, 15) is 9.59 Å². The molecule has 2 atom stereocenters. The van der Waals surface area contributed by atoms with Gasteiger partial charge in [-0.05, 0) is 42.9 Å². The number of esters is 1. The van der Waals surface area contributed by atoms with Crippen molar-refractivity contribution < 1.29 is 19.1 Å². The van der Waals surface area contributed by atoms with Gasteiger partial charge in [0.25, 0.3) is 5.91 Å². The lowest BCUT2D eigenvalue weighted by Crippen LogP contribution is -2.27. The number of ether oxygens (including phenoxy) is 2. The van der Waals surface area contributed by atoms with Gasteiger partial charge in [-0.1, -0.05) is 26.0 Å². The van der Waals surface area contributed by atoms with Gasteiger partial charge in [0.1, 0.15) is 0 Å². The van der Waals surface area contributed by atoms with Gasteiger partial charge in [-0.3, -0.25) is 4.79 Å². The van der Waals surface area contributed by atoms with Crippen molar-refractivity contribution in [2.24, 2.45) is 0 Å². The Morgan fingerprint density at radius 3 is 2.68 bits per heavy atom. The Balaban J connectivity index is 1.77. The van der Waals surface area contributed by atoms with Crippen molar-refractivity contribution in [2.75, 3.05) is 18.5 Å². The molecule has 1 aromatic rings. The average molecular weight is 305 g/mol. The zero-order chi connectivity index (χ0) is 15.9. The molecule has 0 saturated carbocycles. The Labute approximate surface area is 131 Å². The summed E-state index contributed by atoms with van der Waals surface area (Å²) in [5, 5.41) is 2.72. The highest BCUT2D eigenvalue weighted by Crippen LogP contribution is 2.20. The van der Waals surface area contributed by atoms with Crippen molar-refractivity contribution in [3.05, 3.63) is 29.8 Å². The molecule has 0 aliphatic carbocycles. The summed E-state index contributed by atoms with van der Waals surface area (Å²) in [7, 11) is 0. The van der Waals surface area contributed by atoms with Crippen LogP contribution in [0.15, 0.2) is 24.3 Å². The van der Waals surface area contributed by atoms with E-state index in [1.807, 2.05) is 24.3 Å². The first-order chi connectivity index (χ1) is 10.6. The first-order valence-corrected chi connectivity index (χ1v) is 7.78. The van der Waals surface area contributed by atoms with Crippen LogP contribution in [-0.4, -0.2) is 31.2 Å². The number of carbonyl (C=O) groups excluding carboxylic acids is 2. The molecule has 5 heteroatoms. The fourth-order valence-electron chi connectivity index (χ4n) is 2.32. The largest absolute Gasteiger partial charge is 0.454 e. The van der Waals surface area contributed by atoms with Gasteiger partial charge in [-0.25, -0.2) is 4.79 Å². The molecule has 1 saturated heterocycles. The van der Waals surface area contributed by atoms with E-state index in [0.29, 0.717) is 24.6 Å². The van der Waals surface area contributed by atoms with E-state index < -0.39 is 12.1 Å². The van der Waals surface area contributed by atoms with Crippen LogP contribution in [0.1, 0.15) is 44.6 Å². The highest BCUT2D eigenvalue weighted by atomic mass is 16.6. The van der Waals surface area contributed by atoms with Gasteiger partial charge in [0.2, 0.25) is 0 Å². The van der Waals surface area contributed by atoms with Crippen LogP contribution in [0.5, 0.6) is 0 Å². The minimum absolute atomic E-state index is 0.286. The third kappa shape index (κ3) is 4.56. The molecular formula is C17H23NO4. The first-order valence-electron chi connectivity index (χ1n) is 7.78. The van der Waals surface area contributed by atoms with Gasteiger partial charge in [-0.2, -0.15) is 0 Å². The average Bonchev–Trinajstić information content (AvgIpc) is 3.07. The van der Waals surface area contributed by atoms with Gasteiger partial charge in [0.05, 0.1) is 0 Å². The molecule has 0 aromatic heterocycles. The van der Waals surface area contributed by atoms with Crippen LogP contribution in [0.3, 0.4) is 0 Å². The van der Waals surface area contributed by atoms with Crippen molar-refractivity contribution >= 4 is 17.6 Å². The Morgan fingerprint density at radius 1 is 1.36 bits per heavy atom. The van der Waals surface area contributed by atoms with E-state index in [2.05, 4.69) is 19.2 Å². The van der Waals surface area contributed by atoms with Crippen molar-refractivity contribution in [1.82, 2.24) is 0 Å². The smallest absolute Gasteiger partial charge is 0.335 e. The molecule has 22 heavy (non-hydrogen) atoms. The summed E-state index contributed by atoms with van der Waals surface area (Å²) in [6.07, 6.45) is 2.08. The van der Waals surface area contributed by atoms with Crippen molar-refractivity contribution in [3.63, 3.8) is 0 Å². The van der Waals surface area contributed by atoms with E-state index in [-0.39, 0.29) is 12.5 Å². The lowest BCUT2D eigenvalue weighted by atomic mass is 9.99. The van der Waals surface area contributed by atoms with Crippen molar-refractivity contribution in [1.29, 1.82) is 0 Å². The second kappa shape index (κ2) is 7.94. The topological polar surface area (TPSA) is 64.6 Å². The summed E-state index contributed by atoms with van der Waals surface area (Å²) >= 11 is 0. The fourth-order valence-corrected chi connectivity index (χ4v) is 2.32. The highest BCUT2D eigenvalue weighted by molar-refractivity contribution is 5.93. The third-order valence-corrected chi connectivity index (χ3v) is 3.91. The molecule has 0 bridgehead atoms. The summed E-state index contributed by atoms with van der Waals surface area (Å²) in [5.41, 5.74) is 1.94. The quantitative estimate of drug-likeness (QED) is 0.821. The normalized spacial score (nSPS) is 18.7. The SMILES string of the molecule is CC[C@@H](C)c1ccc(NC(=O)COC(=O)[C@@H]2CCCO2)cc1. The van der Waals surface area contributed by atoms with Gasteiger partial charge in [0.15, 0.2) is 12.7 Å². The maximum Gasteiger partial charge on any atom is 0.335 e. The molecule has 1 heterocycles. The van der Waals surface area contributed by atoms with Crippen LogP contribution >= 0.6 is 0 Å². The van der Waals surface area contributed by atoms with Gasteiger partial charge >= 0.3 is 5.97 Å². The summed E-state index contributed by atoms with van der Waals surface area (Å²) in [6.45, 7) is 4.60. The van der Waals surface area contributed by atoms with Crippen LogP contribution in [0.4, 0.5) is 5.69 Å². The summed E-state index contributed by atoms with van der Waals surface area (Å²) in [6, 6.07) is 7.73. The number of hydrogen-bond donors (Lipinski definition) is 1. The first kappa shape index (κ1) is 16.5. The summed E-state index contributed by atoms with van der Waals surface area (Å²) in [4.78, 5) is 23.4. The standard InChI is InChI=1S/C17H23NO4/c1-3-12(2)13-6-8-14(9-7-13)18-16(19)11-22-17(20)15-5-4-10-21-15/h6-9,12,15H,3-5,10-11H2,1-2H3,(H,18,19)/t12-,15+/m1/s1. The third-order valence-electron chi connectivity index (χ3n) is 3.91. The molecule has 0 unspecified atom stereocenters. The van der Waals surface area contributed by atoms with Crippen LogP contribution in [0.25, 0.3) is 0 Å². The summed E-state index contributed by atoms with van der Waals surface area (Å²) < 4.78 is 10.2. The van der Waals surface area contributed by atoms with Crippen molar-refractivity contribution in [2.45, 2.75) is 45.1 Å². The van der Waals surface area contributed by atoms with Gasteiger partial charge in [-0.15, -0.1) is 0 Å². The predicted molar refractivity (Wildman–Crippen MR) is 83.7 cm³/mol. The molecule has 2 rings (SSSR count). The predicted octanol–water partition coefficient (Wildman–Crippen LogP) is 2.86. The maximum absolute atomic E-state index is 11.8. The number of carbonyl (C=O) groups is 2. The number of rotatable bonds is 6. The molecule has 0 radical (unpaired) electrons. The molecule has 1 aromatic carbocycles. The molecule has 0 spiro atoms. The second-order valence-corrected chi connectivity index (χ2v) is 5.59. The lowest BCUT2D eigenvalue weighted by Gasteiger charge is -2.11. The number of amides is 1. The molecule has 1 amide bonds. The molecular weight excluding hydrogens is 282 g/mol. The highest BCUT2D eigenvalue weighted by Gasteiger charge is 2.25. The fraction of sp³-hybridized carbons (Fsp3) is 0.529. The van der Waals surface area contributed by atoms with Crippen LogP contribution in [0.2, 0.25) is 0 Å². The lowest BCUT2D eigenvalue weighted by molar-refractivity contribution is -0.156. The van der Waals surface area contributed by atoms with Gasteiger partial charge < -0.3 is 14.8 Å². The number of hydrogen-bond acceptors (Lipinski definition) is 4. The Bertz CT molecular complexity index is 506. The Hall–Kier alpha value is -1.88. The summed E-state index contributed by atoms with van der Waals surface area (Å²) in [5.74, 6) is -0.306. The number of benzene rings is 1. The van der Waals surface area contributed by atoms with Crippen LogP contribution in [0, 0.1) is 0 Å². The molecule has 1 aliphatic heterocycles. The molecule has 120 valence electrons. The second-order valence-electron chi connectivity index (χ2n) is 5.59. The van der Waals surface area contributed by atoms with E-state index in [0.717, 1.165) is 12.8 Å². The van der Waals surface area contributed by atoms with Crippen LogP contribution < -0.4 is 5.32 Å². The van der Waals surface area contributed by atoms with E-state index in [1.165, 1.54) is 5.56 Å². The Morgan fingerprint density at radius 2 is 2.09 bits per heavy atom. The van der Waals surface area contributed by atoms with E-state index >= 15 is 0 Å². The zero-order valence-corrected chi connectivity index (χ0v) is 13.1. The van der Waals surface area contributed by atoms with Crippen LogP contribution in [-0.2, 0) is 19.1 Å². The van der Waals surface area contributed by atoms with Crippen molar-refractivity contribution in [3.8, 4) is 0 Å². The molecule has 5 nitrogen and oxygen atoms in total. The minimum atomic E-state index is -0.511.